The molecule has 3 rings (SSSR count). The lowest BCUT2D eigenvalue weighted by molar-refractivity contribution is 0.279. The van der Waals surface area contributed by atoms with E-state index >= 15 is 0 Å². The molecule has 0 spiro atoms. The SMILES string of the molecule is Cc1nc2ccccc2c(CCNCc2ccccc2)c1CO. The van der Waals surface area contributed by atoms with Gasteiger partial charge in [0.15, 0.2) is 0 Å². The van der Waals surface area contributed by atoms with E-state index < -0.39 is 0 Å². The molecule has 0 amide bonds. The molecule has 3 heteroatoms. The molecule has 0 bridgehead atoms. The highest BCUT2D eigenvalue weighted by Crippen LogP contribution is 2.23. The molecule has 2 N–H and O–H groups in total. The van der Waals surface area contributed by atoms with Crippen molar-refractivity contribution in [3.8, 4) is 0 Å². The summed E-state index contributed by atoms with van der Waals surface area (Å²) in [6.45, 7) is 3.74. The molecule has 118 valence electrons. The maximum atomic E-state index is 9.73. The Morgan fingerprint density at radius 3 is 2.48 bits per heavy atom. The number of hydrogen-bond acceptors (Lipinski definition) is 3. The number of nitrogens with one attached hydrogen (secondary N) is 1. The number of aryl methyl sites for hydroxylation is 1. The van der Waals surface area contributed by atoms with Gasteiger partial charge in [0.05, 0.1) is 12.1 Å². The van der Waals surface area contributed by atoms with Gasteiger partial charge >= 0.3 is 0 Å². The molecule has 2 aromatic carbocycles. The monoisotopic (exact) mass is 306 g/mol. The Morgan fingerprint density at radius 1 is 0.957 bits per heavy atom. The normalized spacial score (nSPS) is 11.0. The minimum Gasteiger partial charge on any atom is -0.392 e. The van der Waals surface area contributed by atoms with Crippen molar-refractivity contribution in [2.45, 2.75) is 26.5 Å². The van der Waals surface area contributed by atoms with E-state index in [9.17, 15) is 5.11 Å². The highest BCUT2D eigenvalue weighted by molar-refractivity contribution is 5.83. The smallest absolute Gasteiger partial charge is 0.0708 e. The van der Waals surface area contributed by atoms with Crippen molar-refractivity contribution in [1.82, 2.24) is 10.3 Å². The number of nitrogens with zero attached hydrogens (tertiary/aromatic N) is 1. The second kappa shape index (κ2) is 7.36. The van der Waals surface area contributed by atoms with Crippen molar-refractivity contribution in [3.05, 3.63) is 77.0 Å². The van der Waals surface area contributed by atoms with Crippen LogP contribution in [0.25, 0.3) is 10.9 Å². The molecule has 0 fully saturated rings. The van der Waals surface area contributed by atoms with Crippen LogP contribution in [0.5, 0.6) is 0 Å². The molecule has 0 aliphatic rings. The molecule has 0 aliphatic heterocycles. The summed E-state index contributed by atoms with van der Waals surface area (Å²) in [5, 5.41) is 14.4. The molecule has 0 unspecified atom stereocenters. The Kier molecular flexibility index (Phi) is 5.01. The molecule has 0 atom stereocenters. The van der Waals surface area contributed by atoms with Gasteiger partial charge in [0, 0.05) is 23.2 Å². The Bertz CT molecular complexity index is 784. The zero-order valence-electron chi connectivity index (χ0n) is 13.4. The van der Waals surface area contributed by atoms with Crippen LogP contribution in [0.15, 0.2) is 54.6 Å². The molecule has 3 aromatic rings. The standard InChI is InChI=1S/C20H22N2O/c1-15-19(14-23)17(18-9-5-6-10-20(18)22-15)11-12-21-13-16-7-3-2-4-8-16/h2-10,21,23H,11-14H2,1H3. The predicted octanol–water partition coefficient (Wildman–Crippen LogP) is 3.37. The highest BCUT2D eigenvalue weighted by atomic mass is 16.3. The lowest BCUT2D eigenvalue weighted by Gasteiger charge is -2.14. The summed E-state index contributed by atoms with van der Waals surface area (Å²) in [5.74, 6) is 0. The zero-order chi connectivity index (χ0) is 16.1. The number of para-hydroxylation sites is 1. The summed E-state index contributed by atoms with van der Waals surface area (Å²) in [7, 11) is 0. The van der Waals surface area contributed by atoms with Gasteiger partial charge in [-0.05, 0) is 37.1 Å². The van der Waals surface area contributed by atoms with Crippen LogP contribution in [-0.4, -0.2) is 16.6 Å². The summed E-state index contributed by atoms with van der Waals surface area (Å²) in [5.41, 5.74) is 5.37. The number of fused-ring (bicyclic) bond motifs is 1. The lowest BCUT2D eigenvalue weighted by atomic mass is 9.98. The first-order valence-electron chi connectivity index (χ1n) is 8.02. The van der Waals surface area contributed by atoms with Crippen molar-refractivity contribution < 1.29 is 5.11 Å². The summed E-state index contributed by atoms with van der Waals surface area (Å²) in [4.78, 5) is 4.60. The first-order chi connectivity index (χ1) is 11.3. The third-order valence-electron chi connectivity index (χ3n) is 4.20. The van der Waals surface area contributed by atoms with Crippen molar-refractivity contribution >= 4 is 10.9 Å². The second-order valence-electron chi connectivity index (χ2n) is 5.74. The summed E-state index contributed by atoms with van der Waals surface area (Å²) in [6, 6.07) is 18.5. The van der Waals surface area contributed by atoms with E-state index in [2.05, 4.69) is 40.6 Å². The van der Waals surface area contributed by atoms with Gasteiger partial charge in [-0.1, -0.05) is 48.5 Å². The van der Waals surface area contributed by atoms with Gasteiger partial charge in [0.2, 0.25) is 0 Å². The average molecular weight is 306 g/mol. The maximum absolute atomic E-state index is 9.73. The van der Waals surface area contributed by atoms with Gasteiger partial charge in [0.1, 0.15) is 0 Å². The van der Waals surface area contributed by atoms with E-state index in [1.807, 2.05) is 31.2 Å². The maximum Gasteiger partial charge on any atom is 0.0708 e. The number of hydrogen-bond donors (Lipinski definition) is 2. The second-order valence-corrected chi connectivity index (χ2v) is 5.74. The molecule has 1 aromatic heterocycles. The van der Waals surface area contributed by atoms with Crippen LogP contribution in [0.3, 0.4) is 0 Å². The van der Waals surface area contributed by atoms with Gasteiger partial charge in [-0.15, -0.1) is 0 Å². The van der Waals surface area contributed by atoms with Crippen LogP contribution >= 0.6 is 0 Å². The Labute approximate surface area is 137 Å². The van der Waals surface area contributed by atoms with E-state index in [-0.39, 0.29) is 6.61 Å². The van der Waals surface area contributed by atoms with Crippen molar-refractivity contribution in [1.29, 1.82) is 0 Å². The lowest BCUT2D eigenvalue weighted by Crippen LogP contribution is -2.18. The van der Waals surface area contributed by atoms with Crippen molar-refractivity contribution in [2.24, 2.45) is 0 Å². The number of pyridine rings is 1. The Morgan fingerprint density at radius 2 is 1.70 bits per heavy atom. The van der Waals surface area contributed by atoms with Gasteiger partial charge in [0.25, 0.3) is 0 Å². The molecule has 23 heavy (non-hydrogen) atoms. The van der Waals surface area contributed by atoms with Crippen LogP contribution in [0.1, 0.15) is 22.4 Å². The minimum atomic E-state index is 0.0394. The molecule has 0 saturated heterocycles. The van der Waals surface area contributed by atoms with Crippen LogP contribution in [0, 0.1) is 6.92 Å². The fourth-order valence-corrected chi connectivity index (χ4v) is 2.99. The quantitative estimate of drug-likeness (QED) is 0.686. The molecule has 3 nitrogen and oxygen atoms in total. The van der Waals surface area contributed by atoms with E-state index in [1.54, 1.807) is 0 Å². The van der Waals surface area contributed by atoms with Crippen LogP contribution in [0.2, 0.25) is 0 Å². The number of aliphatic hydroxyl groups is 1. The molecule has 0 aliphatic carbocycles. The largest absolute Gasteiger partial charge is 0.392 e. The summed E-state index contributed by atoms with van der Waals surface area (Å²) in [6.07, 6.45) is 0.882. The molecule has 0 radical (unpaired) electrons. The number of rotatable bonds is 6. The van der Waals surface area contributed by atoms with Gasteiger partial charge in [-0.25, -0.2) is 0 Å². The van der Waals surface area contributed by atoms with Gasteiger partial charge in [-0.3, -0.25) is 4.98 Å². The van der Waals surface area contributed by atoms with E-state index in [0.717, 1.165) is 41.7 Å². The van der Waals surface area contributed by atoms with E-state index in [0.29, 0.717) is 0 Å². The average Bonchev–Trinajstić information content (AvgIpc) is 2.59. The molecule has 1 heterocycles. The minimum absolute atomic E-state index is 0.0394. The topological polar surface area (TPSA) is 45.2 Å². The van der Waals surface area contributed by atoms with Crippen molar-refractivity contribution in [2.75, 3.05) is 6.54 Å². The van der Waals surface area contributed by atoms with Crippen LogP contribution < -0.4 is 5.32 Å². The number of benzene rings is 2. The third kappa shape index (κ3) is 3.58. The van der Waals surface area contributed by atoms with Crippen LogP contribution in [0.4, 0.5) is 0 Å². The summed E-state index contributed by atoms with van der Waals surface area (Å²) < 4.78 is 0. The Hall–Kier alpha value is -2.23. The Balaban J connectivity index is 1.76. The zero-order valence-corrected chi connectivity index (χ0v) is 13.4. The fraction of sp³-hybridized carbons (Fsp3) is 0.250. The van der Waals surface area contributed by atoms with E-state index in [4.69, 9.17) is 0 Å². The van der Waals surface area contributed by atoms with E-state index in [1.165, 1.54) is 11.1 Å². The first kappa shape index (κ1) is 15.7. The predicted molar refractivity (Wildman–Crippen MR) is 94.3 cm³/mol. The molecular weight excluding hydrogens is 284 g/mol. The molecular formula is C20H22N2O. The number of aromatic nitrogens is 1. The number of aliphatic hydroxyl groups excluding tert-OH is 1. The highest BCUT2D eigenvalue weighted by Gasteiger charge is 2.11. The van der Waals surface area contributed by atoms with Crippen LogP contribution in [-0.2, 0) is 19.6 Å². The third-order valence-corrected chi connectivity index (χ3v) is 4.20. The molecule has 0 saturated carbocycles. The van der Waals surface area contributed by atoms with Crippen molar-refractivity contribution in [3.63, 3.8) is 0 Å². The fourth-order valence-electron chi connectivity index (χ4n) is 2.99. The van der Waals surface area contributed by atoms with Gasteiger partial charge in [-0.2, -0.15) is 0 Å². The summed E-state index contributed by atoms with van der Waals surface area (Å²) >= 11 is 0. The first-order valence-corrected chi connectivity index (χ1v) is 8.02. The van der Waals surface area contributed by atoms with Gasteiger partial charge < -0.3 is 10.4 Å².